The van der Waals surface area contributed by atoms with Gasteiger partial charge in [-0.05, 0) is 12.5 Å². The Bertz CT molecular complexity index is 746. The van der Waals surface area contributed by atoms with Crippen LogP contribution in [0.2, 0.25) is 0 Å². The second kappa shape index (κ2) is 7.81. The summed E-state index contributed by atoms with van der Waals surface area (Å²) >= 11 is 0. The third-order valence-corrected chi connectivity index (χ3v) is 5.38. The van der Waals surface area contributed by atoms with E-state index in [2.05, 4.69) is 0 Å². The first-order valence-electron chi connectivity index (χ1n) is 9.17. The van der Waals surface area contributed by atoms with Gasteiger partial charge in [0.05, 0.1) is 12.0 Å². The summed E-state index contributed by atoms with van der Waals surface area (Å²) < 4.78 is 37.6. The zero-order valence-electron chi connectivity index (χ0n) is 15.5. The number of piperazine rings is 1. The van der Waals surface area contributed by atoms with E-state index in [9.17, 15) is 27.6 Å². The Morgan fingerprint density at radius 3 is 2.18 bits per heavy atom. The first-order chi connectivity index (χ1) is 13.2. The molecule has 0 radical (unpaired) electrons. The number of halogens is 3. The number of benzene rings is 1. The summed E-state index contributed by atoms with van der Waals surface area (Å²) in [7, 11) is 0. The molecule has 2 fully saturated rings. The van der Waals surface area contributed by atoms with E-state index < -0.39 is 18.0 Å². The number of rotatable bonds is 3. The summed E-state index contributed by atoms with van der Waals surface area (Å²) in [5, 5.41) is 0. The van der Waals surface area contributed by atoms with E-state index in [1.54, 1.807) is 4.90 Å². The van der Waals surface area contributed by atoms with Gasteiger partial charge in [0.1, 0.15) is 0 Å². The van der Waals surface area contributed by atoms with Gasteiger partial charge in [0.2, 0.25) is 11.8 Å². The Balaban J connectivity index is 1.58. The van der Waals surface area contributed by atoms with Crippen LogP contribution in [0.25, 0.3) is 0 Å². The van der Waals surface area contributed by atoms with Gasteiger partial charge in [0.25, 0.3) is 0 Å². The molecular weight excluding hydrogens is 375 g/mol. The molecule has 0 saturated carbocycles. The lowest BCUT2D eigenvalue weighted by atomic mass is 10.1. The van der Waals surface area contributed by atoms with Crippen LogP contribution < -0.4 is 0 Å². The Labute approximate surface area is 160 Å². The van der Waals surface area contributed by atoms with Crippen molar-refractivity contribution in [2.75, 3.05) is 32.7 Å². The Morgan fingerprint density at radius 2 is 1.61 bits per heavy atom. The van der Waals surface area contributed by atoms with Crippen LogP contribution in [0.3, 0.4) is 0 Å². The average Bonchev–Trinajstić information content (AvgIpc) is 3.08. The molecule has 0 N–H and O–H groups in total. The fourth-order valence-electron chi connectivity index (χ4n) is 3.75. The van der Waals surface area contributed by atoms with Gasteiger partial charge in [0.15, 0.2) is 0 Å². The van der Waals surface area contributed by atoms with E-state index in [1.807, 2.05) is 37.3 Å². The average molecular weight is 397 g/mol. The molecule has 3 rings (SSSR count). The summed E-state index contributed by atoms with van der Waals surface area (Å²) in [5.41, 5.74) is 0.975. The summed E-state index contributed by atoms with van der Waals surface area (Å²) in [6, 6.07) is 9.34. The van der Waals surface area contributed by atoms with Crippen molar-refractivity contribution >= 4 is 17.7 Å². The van der Waals surface area contributed by atoms with Crippen LogP contribution in [0.15, 0.2) is 30.3 Å². The van der Waals surface area contributed by atoms with Crippen LogP contribution in [0.1, 0.15) is 24.9 Å². The van der Waals surface area contributed by atoms with Gasteiger partial charge in [0, 0.05) is 39.1 Å². The highest BCUT2D eigenvalue weighted by molar-refractivity contribution is 5.89. The minimum atomic E-state index is -4.90. The van der Waals surface area contributed by atoms with Gasteiger partial charge in [-0.3, -0.25) is 14.4 Å². The van der Waals surface area contributed by atoms with Crippen LogP contribution in [0, 0.1) is 5.92 Å². The van der Waals surface area contributed by atoms with Crippen molar-refractivity contribution in [2.24, 2.45) is 5.92 Å². The van der Waals surface area contributed by atoms with Crippen LogP contribution in [0.4, 0.5) is 13.2 Å². The van der Waals surface area contributed by atoms with Crippen LogP contribution in [-0.4, -0.2) is 71.3 Å². The maximum absolute atomic E-state index is 12.7. The molecule has 28 heavy (non-hydrogen) atoms. The summed E-state index contributed by atoms with van der Waals surface area (Å²) in [6.07, 6.45) is -4.81. The van der Waals surface area contributed by atoms with E-state index >= 15 is 0 Å². The summed E-state index contributed by atoms with van der Waals surface area (Å²) in [4.78, 5) is 40.3. The number of carbonyl (C=O) groups excluding carboxylic acids is 3. The number of carbonyl (C=O) groups is 3. The number of likely N-dealkylation sites (tertiary alicyclic amines) is 1. The first-order valence-corrected chi connectivity index (χ1v) is 9.17. The minimum absolute atomic E-state index is 0.0413. The molecule has 2 heterocycles. The van der Waals surface area contributed by atoms with E-state index in [-0.39, 0.29) is 57.0 Å². The van der Waals surface area contributed by atoms with Gasteiger partial charge in [-0.1, -0.05) is 30.3 Å². The van der Waals surface area contributed by atoms with Crippen molar-refractivity contribution < 1.29 is 27.6 Å². The molecular formula is C19H22F3N3O3. The molecule has 6 nitrogen and oxygen atoms in total. The zero-order chi connectivity index (χ0) is 20.5. The monoisotopic (exact) mass is 397 g/mol. The molecule has 0 aliphatic carbocycles. The molecule has 2 unspecified atom stereocenters. The summed E-state index contributed by atoms with van der Waals surface area (Å²) in [5.74, 6) is -2.74. The predicted octanol–water partition coefficient (Wildman–Crippen LogP) is 1.83. The van der Waals surface area contributed by atoms with Crippen molar-refractivity contribution in [3.05, 3.63) is 35.9 Å². The number of nitrogens with zero attached hydrogens (tertiary/aromatic N) is 3. The highest BCUT2D eigenvalue weighted by Crippen LogP contribution is 2.29. The Morgan fingerprint density at radius 1 is 1.04 bits per heavy atom. The number of hydrogen-bond donors (Lipinski definition) is 0. The Kier molecular flexibility index (Phi) is 5.62. The largest absolute Gasteiger partial charge is 0.471 e. The lowest BCUT2D eigenvalue weighted by molar-refractivity contribution is -0.187. The topological polar surface area (TPSA) is 60.9 Å². The fourth-order valence-corrected chi connectivity index (χ4v) is 3.75. The SMILES string of the molecule is CC(c1ccccc1)N1CC(C(=O)N2CCN(C(=O)C(F)(F)F)CC2)CC1=O. The second-order valence-corrected chi connectivity index (χ2v) is 7.15. The van der Waals surface area contributed by atoms with E-state index in [0.29, 0.717) is 4.90 Å². The smallest absolute Gasteiger partial charge is 0.339 e. The van der Waals surface area contributed by atoms with Crippen molar-refractivity contribution in [3.8, 4) is 0 Å². The fraction of sp³-hybridized carbons (Fsp3) is 0.526. The number of hydrogen-bond acceptors (Lipinski definition) is 3. The standard InChI is InChI=1S/C19H22F3N3O3/c1-13(14-5-3-2-4-6-14)25-12-15(11-16(25)26)17(27)23-7-9-24(10-8-23)18(28)19(20,21)22/h2-6,13,15H,7-12H2,1H3. The molecule has 0 aromatic heterocycles. The van der Waals surface area contributed by atoms with Crippen molar-refractivity contribution in [3.63, 3.8) is 0 Å². The molecule has 1 aromatic rings. The normalized spacial score (nSPS) is 21.8. The van der Waals surface area contributed by atoms with Gasteiger partial charge in [-0.25, -0.2) is 0 Å². The second-order valence-electron chi connectivity index (χ2n) is 7.15. The highest BCUT2D eigenvalue weighted by Gasteiger charge is 2.44. The third-order valence-electron chi connectivity index (χ3n) is 5.38. The van der Waals surface area contributed by atoms with Gasteiger partial charge in [-0.2, -0.15) is 13.2 Å². The van der Waals surface area contributed by atoms with E-state index in [0.717, 1.165) is 5.56 Å². The molecule has 2 aliphatic heterocycles. The van der Waals surface area contributed by atoms with Crippen LogP contribution >= 0.6 is 0 Å². The molecule has 9 heteroatoms. The minimum Gasteiger partial charge on any atom is -0.339 e. The Hall–Kier alpha value is -2.58. The molecule has 3 amide bonds. The van der Waals surface area contributed by atoms with Crippen molar-refractivity contribution in [1.82, 2.24) is 14.7 Å². The van der Waals surface area contributed by atoms with Crippen LogP contribution in [-0.2, 0) is 14.4 Å². The lowest BCUT2D eigenvalue weighted by Crippen LogP contribution is -2.54. The number of alkyl halides is 3. The molecule has 2 aliphatic rings. The third kappa shape index (κ3) is 4.13. The van der Waals surface area contributed by atoms with E-state index in [4.69, 9.17) is 0 Å². The molecule has 0 bridgehead atoms. The van der Waals surface area contributed by atoms with Crippen molar-refractivity contribution in [2.45, 2.75) is 25.6 Å². The predicted molar refractivity (Wildman–Crippen MR) is 93.9 cm³/mol. The number of amides is 3. The highest BCUT2D eigenvalue weighted by atomic mass is 19.4. The molecule has 2 atom stereocenters. The van der Waals surface area contributed by atoms with Gasteiger partial charge >= 0.3 is 12.1 Å². The van der Waals surface area contributed by atoms with E-state index in [1.165, 1.54) is 4.90 Å². The first kappa shape index (κ1) is 20.2. The van der Waals surface area contributed by atoms with Gasteiger partial charge < -0.3 is 14.7 Å². The van der Waals surface area contributed by atoms with Gasteiger partial charge in [-0.15, -0.1) is 0 Å². The van der Waals surface area contributed by atoms with Crippen LogP contribution in [0.5, 0.6) is 0 Å². The molecule has 0 spiro atoms. The quantitative estimate of drug-likeness (QED) is 0.782. The van der Waals surface area contributed by atoms with Crippen molar-refractivity contribution in [1.29, 1.82) is 0 Å². The lowest BCUT2D eigenvalue weighted by Gasteiger charge is -2.36. The molecule has 1 aromatic carbocycles. The molecule has 152 valence electrons. The zero-order valence-corrected chi connectivity index (χ0v) is 15.5. The molecule has 2 saturated heterocycles. The maximum Gasteiger partial charge on any atom is 0.471 e. The summed E-state index contributed by atoms with van der Waals surface area (Å²) in [6.45, 7) is 1.96. The maximum atomic E-state index is 12.7.